The van der Waals surface area contributed by atoms with Gasteiger partial charge in [0.05, 0.1) is 11.3 Å². The number of amides is 2. The van der Waals surface area contributed by atoms with Crippen LogP contribution >= 0.6 is 11.8 Å². The molecular weight excluding hydrogens is 488 g/mol. The molecule has 2 aromatic rings. The normalized spacial score (nSPS) is 22.7. The van der Waals surface area contributed by atoms with Crippen LogP contribution in [0.3, 0.4) is 0 Å². The number of carboxylic acid groups (broad SMARTS) is 1. The Balaban J connectivity index is 1.74. The first-order chi connectivity index (χ1) is 17.7. The third-order valence-corrected chi connectivity index (χ3v) is 8.79. The van der Waals surface area contributed by atoms with Crippen LogP contribution < -0.4 is 5.32 Å². The molecule has 0 spiro atoms. The molecule has 0 radical (unpaired) electrons. The van der Waals surface area contributed by atoms with Crippen molar-refractivity contribution in [2.75, 3.05) is 0 Å². The van der Waals surface area contributed by atoms with Crippen molar-refractivity contribution in [1.29, 1.82) is 0 Å². The fourth-order valence-corrected chi connectivity index (χ4v) is 6.39. The third kappa shape index (κ3) is 5.74. The number of carboxylic acids is 1. The maximum Gasteiger partial charge on any atom is 0.326 e. The highest BCUT2D eigenvalue weighted by Crippen LogP contribution is 2.41. The van der Waals surface area contributed by atoms with Crippen molar-refractivity contribution in [3.8, 4) is 11.1 Å². The van der Waals surface area contributed by atoms with Gasteiger partial charge in [-0.05, 0) is 53.5 Å². The van der Waals surface area contributed by atoms with Gasteiger partial charge in [-0.1, -0.05) is 74.5 Å². The van der Waals surface area contributed by atoms with E-state index in [1.807, 2.05) is 56.3 Å². The Hall–Kier alpha value is -3.13. The Labute approximate surface area is 222 Å². The number of fused-ring (bicyclic) bond motifs is 3. The number of rotatable bonds is 7. The van der Waals surface area contributed by atoms with E-state index in [-0.39, 0.29) is 35.3 Å². The largest absolute Gasteiger partial charge is 0.480 e. The molecule has 1 saturated heterocycles. The molecule has 4 rings (SSSR count). The lowest BCUT2D eigenvalue weighted by atomic mass is 9.87. The van der Waals surface area contributed by atoms with Gasteiger partial charge in [-0.25, -0.2) is 4.79 Å². The molecule has 5 atom stereocenters. The van der Waals surface area contributed by atoms with Crippen LogP contribution in [-0.2, 0) is 25.6 Å². The first-order valence-electron chi connectivity index (χ1n) is 12.9. The second kappa shape index (κ2) is 11.5. The van der Waals surface area contributed by atoms with Gasteiger partial charge < -0.3 is 15.3 Å². The Morgan fingerprint density at radius 3 is 2.49 bits per heavy atom. The van der Waals surface area contributed by atoms with E-state index in [9.17, 15) is 24.3 Å². The molecule has 2 N–H and O–H groups in total. The molecule has 0 aliphatic carbocycles. The molecule has 8 heteroatoms. The SMILES string of the molecule is CC[C@H](C)[C@H](SC(C)=O)C(=O)N[C@H]1Cc2ccc(-c3ccccc3)cc2[C@H]2CCC[C@@H](C(=O)O)N2C1=O. The average Bonchev–Trinajstić information content (AvgIpc) is 3.01. The summed E-state index contributed by atoms with van der Waals surface area (Å²) >= 11 is 0.979. The van der Waals surface area contributed by atoms with Crippen molar-refractivity contribution in [3.05, 3.63) is 59.7 Å². The lowest BCUT2D eigenvalue weighted by molar-refractivity contribution is -0.156. The zero-order valence-corrected chi connectivity index (χ0v) is 22.3. The average molecular weight is 523 g/mol. The second-order valence-corrected chi connectivity index (χ2v) is 11.3. The summed E-state index contributed by atoms with van der Waals surface area (Å²) < 4.78 is 0. The van der Waals surface area contributed by atoms with Gasteiger partial charge >= 0.3 is 5.97 Å². The quantitative estimate of drug-likeness (QED) is 0.551. The first kappa shape index (κ1) is 26.9. The van der Waals surface area contributed by atoms with Gasteiger partial charge in [-0.2, -0.15) is 0 Å². The van der Waals surface area contributed by atoms with Crippen LogP contribution in [0.2, 0.25) is 0 Å². The van der Waals surface area contributed by atoms with E-state index >= 15 is 0 Å². The standard InChI is InChI=1S/C29H34N2O5S/c1-4-17(2)26(37-18(3)32)27(33)30-23-16-21-14-13-20(19-9-6-5-7-10-19)15-22(21)24-11-8-12-25(29(35)36)31(24)28(23)34/h5-7,9-10,13-15,17,23-26H,4,8,11-12,16H2,1-3H3,(H,30,33)(H,35,36)/t17-,23-,24+,25-,26-/m0/s1. The Morgan fingerprint density at radius 2 is 1.84 bits per heavy atom. The molecule has 0 unspecified atom stereocenters. The minimum atomic E-state index is -1.03. The number of benzene rings is 2. The smallest absolute Gasteiger partial charge is 0.326 e. The summed E-state index contributed by atoms with van der Waals surface area (Å²) in [5, 5.41) is 12.1. The van der Waals surface area contributed by atoms with E-state index in [2.05, 4.69) is 11.4 Å². The van der Waals surface area contributed by atoms with Crippen molar-refractivity contribution in [2.24, 2.45) is 5.92 Å². The third-order valence-electron chi connectivity index (χ3n) is 7.53. The number of hydrogen-bond donors (Lipinski definition) is 2. The highest BCUT2D eigenvalue weighted by atomic mass is 32.2. The van der Waals surface area contributed by atoms with Crippen molar-refractivity contribution < 1.29 is 24.3 Å². The van der Waals surface area contributed by atoms with Gasteiger partial charge in [0.1, 0.15) is 12.1 Å². The predicted octanol–water partition coefficient (Wildman–Crippen LogP) is 4.60. The Bertz CT molecular complexity index is 1180. The summed E-state index contributed by atoms with van der Waals surface area (Å²) in [4.78, 5) is 52.8. The molecular formula is C29H34N2O5S. The number of nitrogens with zero attached hydrogens (tertiary/aromatic N) is 1. The number of nitrogens with one attached hydrogen (secondary N) is 1. The minimum Gasteiger partial charge on any atom is -0.480 e. The lowest BCUT2D eigenvalue weighted by Crippen LogP contribution is -2.56. The Kier molecular flexibility index (Phi) is 8.37. The van der Waals surface area contributed by atoms with Crippen molar-refractivity contribution >= 4 is 34.7 Å². The van der Waals surface area contributed by atoms with E-state index in [0.717, 1.165) is 34.0 Å². The Morgan fingerprint density at radius 1 is 1.11 bits per heavy atom. The lowest BCUT2D eigenvalue weighted by Gasteiger charge is -2.41. The molecule has 1 fully saturated rings. The summed E-state index contributed by atoms with van der Waals surface area (Å²) in [6.07, 6.45) is 2.71. The molecule has 196 valence electrons. The number of hydrogen-bond acceptors (Lipinski definition) is 5. The molecule has 7 nitrogen and oxygen atoms in total. The number of piperidine rings is 1. The molecule has 2 aromatic carbocycles. The fraction of sp³-hybridized carbons (Fsp3) is 0.448. The highest BCUT2D eigenvalue weighted by Gasteiger charge is 2.45. The van der Waals surface area contributed by atoms with Crippen LogP contribution in [0.15, 0.2) is 48.5 Å². The van der Waals surface area contributed by atoms with Crippen molar-refractivity contribution in [1.82, 2.24) is 10.2 Å². The van der Waals surface area contributed by atoms with Crippen LogP contribution in [0, 0.1) is 5.92 Å². The number of carbonyl (C=O) groups excluding carboxylic acids is 3. The van der Waals surface area contributed by atoms with Gasteiger partial charge in [0.25, 0.3) is 0 Å². The molecule has 2 aliphatic rings. The van der Waals surface area contributed by atoms with Crippen molar-refractivity contribution in [2.45, 2.75) is 76.3 Å². The molecule has 0 saturated carbocycles. The highest BCUT2D eigenvalue weighted by molar-refractivity contribution is 8.14. The summed E-state index contributed by atoms with van der Waals surface area (Å²) in [6.45, 7) is 5.30. The molecule has 37 heavy (non-hydrogen) atoms. The number of aliphatic carboxylic acids is 1. The number of thioether (sulfide) groups is 1. The molecule has 2 amide bonds. The monoisotopic (exact) mass is 522 g/mol. The van der Waals surface area contributed by atoms with Gasteiger partial charge in [0, 0.05) is 13.3 Å². The summed E-state index contributed by atoms with van der Waals surface area (Å²) in [5.41, 5.74) is 3.91. The molecule has 2 aliphatic heterocycles. The van der Waals surface area contributed by atoms with Gasteiger partial charge in [-0.15, -0.1) is 0 Å². The predicted molar refractivity (Wildman–Crippen MR) is 144 cm³/mol. The van der Waals surface area contributed by atoms with Crippen LogP contribution in [0.5, 0.6) is 0 Å². The van der Waals surface area contributed by atoms with Gasteiger partial charge in [-0.3, -0.25) is 14.4 Å². The summed E-state index contributed by atoms with van der Waals surface area (Å²) in [5.74, 6) is -1.84. The zero-order chi connectivity index (χ0) is 26.7. The molecule has 0 aromatic heterocycles. The van der Waals surface area contributed by atoms with Crippen LogP contribution in [-0.4, -0.2) is 50.2 Å². The number of carbonyl (C=O) groups is 4. The van der Waals surface area contributed by atoms with E-state index in [4.69, 9.17) is 0 Å². The van der Waals surface area contributed by atoms with Gasteiger partial charge in [0.2, 0.25) is 11.8 Å². The minimum absolute atomic E-state index is 0.0648. The van der Waals surface area contributed by atoms with Crippen LogP contribution in [0.4, 0.5) is 0 Å². The van der Waals surface area contributed by atoms with E-state index < -0.39 is 23.3 Å². The maximum atomic E-state index is 13.9. The van der Waals surface area contributed by atoms with Crippen LogP contribution in [0.1, 0.15) is 63.6 Å². The van der Waals surface area contributed by atoms with Gasteiger partial charge in [0.15, 0.2) is 5.12 Å². The first-order valence-corrected chi connectivity index (χ1v) is 13.8. The van der Waals surface area contributed by atoms with E-state index in [1.54, 1.807) is 0 Å². The summed E-state index contributed by atoms with van der Waals surface area (Å²) in [7, 11) is 0. The second-order valence-electron chi connectivity index (χ2n) is 10.0. The topological polar surface area (TPSA) is 104 Å². The summed E-state index contributed by atoms with van der Waals surface area (Å²) in [6, 6.07) is 13.8. The fourth-order valence-electron chi connectivity index (χ4n) is 5.43. The molecule has 2 heterocycles. The van der Waals surface area contributed by atoms with E-state index in [0.29, 0.717) is 25.7 Å². The zero-order valence-electron chi connectivity index (χ0n) is 21.5. The molecule has 0 bridgehead atoms. The van der Waals surface area contributed by atoms with Crippen LogP contribution in [0.25, 0.3) is 11.1 Å². The maximum absolute atomic E-state index is 13.9. The van der Waals surface area contributed by atoms with Crippen molar-refractivity contribution in [3.63, 3.8) is 0 Å². The van der Waals surface area contributed by atoms with E-state index in [1.165, 1.54) is 11.8 Å².